The second kappa shape index (κ2) is 7.19. The Morgan fingerprint density at radius 2 is 2.14 bits per heavy atom. The quantitative estimate of drug-likeness (QED) is 0.606. The molecule has 1 aromatic heterocycles. The van der Waals surface area contributed by atoms with Crippen LogP contribution in [0.25, 0.3) is 0 Å². The van der Waals surface area contributed by atoms with Gasteiger partial charge >= 0.3 is 6.01 Å². The Morgan fingerprint density at radius 3 is 2.81 bits per heavy atom. The molecule has 0 saturated carbocycles. The summed E-state index contributed by atoms with van der Waals surface area (Å²) in [6, 6.07) is 8.29. The first-order valence-electron chi connectivity index (χ1n) is 6.43. The van der Waals surface area contributed by atoms with Crippen molar-refractivity contribution in [2.45, 2.75) is 13.5 Å². The van der Waals surface area contributed by atoms with Gasteiger partial charge in [-0.2, -0.15) is 15.0 Å². The van der Waals surface area contributed by atoms with Gasteiger partial charge in [-0.25, -0.2) is 5.84 Å². The predicted molar refractivity (Wildman–Crippen MR) is 85.1 cm³/mol. The van der Waals surface area contributed by atoms with Gasteiger partial charge in [0.15, 0.2) is 0 Å². The maximum absolute atomic E-state index is 5.37. The highest BCUT2D eigenvalue weighted by molar-refractivity contribution is 9.10. The summed E-state index contributed by atoms with van der Waals surface area (Å²) in [6.07, 6.45) is 0. The van der Waals surface area contributed by atoms with Crippen LogP contribution < -0.4 is 20.9 Å². The molecule has 1 aromatic carbocycles. The van der Waals surface area contributed by atoms with Gasteiger partial charge in [-0.3, -0.25) is 5.43 Å². The van der Waals surface area contributed by atoms with Crippen LogP contribution in [0, 0.1) is 0 Å². The van der Waals surface area contributed by atoms with E-state index < -0.39 is 0 Å². The van der Waals surface area contributed by atoms with Crippen molar-refractivity contribution in [1.82, 2.24) is 15.0 Å². The highest BCUT2D eigenvalue weighted by atomic mass is 79.9. The number of rotatable bonds is 6. The topological polar surface area (TPSA) is 89.2 Å². The first-order chi connectivity index (χ1) is 10.1. The number of nitrogens with one attached hydrogen (secondary N) is 1. The minimum absolute atomic E-state index is 0.247. The molecule has 0 saturated heterocycles. The minimum Gasteiger partial charge on any atom is -0.464 e. The van der Waals surface area contributed by atoms with E-state index in [1.54, 1.807) is 0 Å². The molecule has 0 atom stereocenters. The number of halogens is 1. The summed E-state index contributed by atoms with van der Waals surface area (Å²) in [4.78, 5) is 14.4. The Hall–Kier alpha value is -1.93. The van der Waals surface area contributed by atoms with E-state index in [4.69, 9.17) is 10.6 Å². The van der Waals surface area contributed by atoms with E-state index in [2.05, 4.69) is 36.3 Å². The molecule has 8 heteroatoms. The maximum atomic E-state index is 5.37. The molecule has 7 nitrogen and oxygen atoms in total. The number of nitrogens with two attached hydrogens (primary N) is 1. The van der Waals surface area contributed by atoms with E-state index in [9.17, 15) is 0 Å². The van der Waals surface area contributed by atoms with Gasteiger partial charge < -0.3 is 9.64 Å². The molecule has 21 heavy (non-hydrogen) atoms. The van der Waals surface area contributed by atoms with Crippen LogP contribution in [-0.2, 0) is 6.54 Å². The molecule has 0 aliphatic heterocycles. The molecule has 0 fully saturated rings. The fourth-order valence-corrected chi connectivity index (χ4v) is 2.20. The predicted octanol–water partition coefficient (Wildman–Crippen LogP) is 1.95. The van der Waals surface area contributed by atoms with Gasteiger partial charge in [0.25, 0.3) is 0 Å². The van der Waals surface area contributed by atoms with Crippen molar-refractivity contribution in [2.24, 2.45) is 5.84 Å². The molecule has 0 amide bonds. The lowest BCUT2D eigenvalue weighted by Gasteiger charge is -2.18. The minimum atomic E-state index is 0.247. The van der Waals surface area contributed by atoms with Crippen molar-refractivity contribution in [3.05, 3.63) is 34.3 Å². The van der Waals surface area contributed by atoms with Crippen LogP contribution in [0.5, 0.6) is 6.01 Å². The van der Waals surface area contributed by atoms with Crippen molar-refractivity contribution < 1.29 is 4.74 Å². The third-order valence-electron chi connectivity index (χ3n) is 2.66. The fraction of sp³-hybridized carbons (Fsp3) is 0.308. The average Bonchev–Trinajstić information content (AvgIpc) is 2.47. The van der Waals surface area contributed by atoms with Gasteiger partial charge in [-0.1, -0.05) is 28.1 Å². The fourth-order valence-electron chi connectivity index (χ4n) is 1.75. The third kappa shape index (κ3) is 4.27. The summed E-state index contributed by atoms with van der Waals surface area (Å²) in [7, 11) is 1.90. The zero-order chi connectivity index (χ0) is 15.2. The molecule has 0 aliphatic carbocycles. The monoisotopic (exact) mass is 352 g/mol. The zero-order valence-corrected chi connectivity index (χ0v) is 13.5. The summed E-state index contributed by atoms with van der Waals surface area (Å²) in [5, 5.41) is 0. The Balaban J connectivity index is 2.21. The Morgan fingerprint density at radius 1 is 1.33 bits per heavy atom. The largest absolute Gasteiger partial charge is 0.464 e. The number of hydrogen-bond donors (Lipinski definition) is 2. The maximum Gasteiger partial charge on any atom is 0.323 e. The molecular weight excluding hydrogens is 336 g/mol. The Labute approximate surface area is 131 Å². The summed E-state index contributed by atoms with van der Waals surface area (Å²) >= 11 is 3.46. The van der Waals surface area contributed by atoms with E-state index in [-0.39, 0.29) is 12.0 Å². The van der Waals surface area contributed by atoms with Crippen LogP contribution in [0.3, 0.4) is 0 Å². The molecule has 0 bridgehead atoms. The van der Waals surface area contributed by atoms with E-state index >= 15 is 0 Å². The van der Waals surface area contributed by atoms with Gasteiger partial charge in [-0.05, 0) is 24.6 Å². The zero-order valence-electron chi connectivity index (χ0n) is 11.9. The lowest BCUT2D eigenvalue weighted by atomic mass is 10.2. The number of aromatic nitrogens is 3. The summed E-state index contributed by atoms with van der Waals surface area (Å²) < 4.78 is 6.35. The standard InChI is InChI=1S/C13H17BrN6O/c1-3-21-13-17-11(19-15)16-12(18-13)20(2)8-9-5-4-6-10(14)7-9/h4-7H,3,8,15H2,1-2H3,(H,16,17,18,19). The highest BCUT2D eigenvalue weighted by Gasteiger charge is 2.11. The van der Waals surface area contributed by atoms with Gasteiger partial charge in [0.2, 0.25) is 11.9 Å². The van der Waals surface area contributed by atoms with E-state index in [0.29, 0.717) is 19.1 Å². The molecule has 1 heterocycles. The number of benzene rings is 1. The Bertz CT molecular complexity index is 609. The van der Waals surface area contributed by atoms with Gasteiger partial charge in [0.1, 0.15) is 0 Å². The molecule has 3 N–H and O–H groups in total. The third-order valence-corrected chi connectivity index (χ3v) is 3.15. The van der Waals surface area contributed by atoms with E-state index in [1.165, 1.54) is 0 Å². The van der Waals surface area contributed by atoms with Crippen LogP contribution in [-0.4, -0.2) is 28.6 Å². The van der Waals surface area contributed by atoms with Crippen LogP contribution in [0.15, 0.2) is 28.7 Å². The number of nitrogens with zero attached hydrogens (tertiary/aromatic N) is 4. The second-order valence-electron chi connectivity index (χ2n) is 4.30. The van der Waals surface area contributed by atoms with Crippen molar-refractivity contribution in [1.29, 1.82) is 0 Å². The second-order valence-corrected chi connectivity index (χ2v) is 5.22. The van der Waals surface area contributed by atoms with Crippen LogP contribution >= 0.6 is 15.9 Å². The molecule has 112 valence electrons. The van der Waals surface area contributed by atoms with Gasteiger partial charge in [0, 0.05) is 18.1 Å². The Kier molecular flexibility index (Phi) is 5.29. The number of hydrogen-bond acceptors (Lipinski definition) is 7. The average molecular weight is 353 g/mol. The van der Waals surface area contributed by atoms with Gasteiger partial charge in [-0.15, -0.1) is 0 Å². The van der Waals surface area contributed by atoms with E-state index in [0.717, 1.165) is 10.0 Å². The molecule has 0 unspecified atom stereocenters. The smallest absolute Gasteiger partial charge is 0.323 e. The molecule has 0 aliphatic rings. The van der Waals surface area contributed by atoms with Crippen LogP contribution in [0.1, 0.15) is 12.5 Å². The van der Waals surface area contributed by atoms with Crippen molar-refractivity contribution in [3.8, 4) is 6.01 Å². The SMILES string of the molecule is CCOc1nc(NN)nc(N(C)Cc2cccc(Br)c2)n1. The molecule has 0 radical (unpaired) electrons. The lowest BCUT2D eigenvalue weighted by Crippen LogP contribution is -2.21. The summed E-state index contributed by atoms with van der Waals surface area (Å²) in [5.74, 6) is 6.13. The highest BCUT2D eigenvalue weighted by Crippen LogP contribution is 2.17. The van der Waals surface area contributed by atoms with E-state index in [1.807, 2.05) is 43.1 Å². The number of ether oxygens (including phenoxy) is 1. The van der Waals surface area contributed by atoms with Crippen molar-refractivity contribution in [3.63, 3.8) is 0 Å². The summed E-state index contributed by atoms with van der Waals surface area (Å²) in [5.41, 5.74) is 3.55. The number of nitrogen functional groups attached to an aromatic ring is 1. The molecular formula is C13H17BrN6O. The normalized spacial score (nSPS) is 10.3. The number of hydrazine groups is 1. The first kappa shape index (κ1) is 15.5. The molecule has 0 spiro atoms. The van der Waals surface area contributed by atoms with Crippen LogP contribution in [0.4, 0.5) is 11.9 Å². The lowest BCUT2D eigenvalue weighted by molar-refractivity contribution is 0.312. The van der Waals surface area contributed by atoms with Crippen molar-refractivity contribution in [2.75, 3.05) is 24.0 Å². The molecule has 2 rings (SSSR count). The van der Waals surface area contributed by atoms with Crippen molar-refractivity contribution >= 4 is 27.8 Å². The summed E-state index contributed by atoms with van der Waals surface area (Å²) in [6.45, 7) is 2.99. The van der Waals surface area contributed by atoms with Gasteiger partial charge in [0.05, 0.1) is 6.61 Å². The number of anilines is 2. The molecule has 2 aromatic rings. The van der Waals surface area contributed by atoms with Crippen LogP contribution in [0.2, 0.25) is 0 Å². The first-order valence-corrected chi connectivity index (χ1v) is 7.22.